The van der Waals surface area contributed by atoms with Crippen molar-refractivity contribution in [1.29, 1.82) is 0 Å². The van der Waals surface area contributed by atoms with Gasteiger partial charge in [0.15, 0.2) is 11.5 Å². The Balaban J connectivity index is 1.43. The minimum atomic E-state index is -0.302. The number of carbonyl (C=O) groups is 2. The van der Waals surface area contributed by atoms with Gasteiger partial charge in [0.1, 0.15) is 12.4 Å². The van der Waals surface area contributed by atoms with Gasteiger partial charge in [-0.25, -0.2) is 4.79 Å². The second-order valence-corrected chi connectivity index (χ2v) is 7.06. The molecule has 0 radical (unpaired) electrons. The number of aryl methyl sites for hydroxylation is 1. The van der Waals surface area contributed by atoms with Crippen LogP contribution in [0.25, 0.3) is 11.3 Å². The van der Waals surface area contributed by atoms with Gasteiger partial charge in [-0.2, -0.15) is 0 Å². The molecule has 1 saturated heterocycles. The van der Waals surface area contributed by atoms with Gasteiger partial charge in [-0.1, -0.05) is 16.8 Å². The van der Waals surface area contributed by atoms with Crippen LogP contribution in [0.4, 0.5) is 4.79 Å². The molecule has 1 aromatic carbocycles. The third-order valence-electron chi connectivity index (χ3n) is 5.11. The fraction of sp³-hybridized carbons (Fsp3) is 0.450. The highest BCUT2D eigenvalue weighted by Crippen LogP contribution is 2.39. The quantitative estimate of drug-likeness (QED) is 0.873. The van der Waals surface area contributed by atoms with E-state index < -0.39 is 0 Å². The van der Waals surface area contributed by atoms with E-state index in [2.05, 4.69) is 10.5 Å². The van der Waals surface area contributed by atoms with Crippen LogP contribution >= 0.6 is 0 Å². The Morgan fingerprint density at radius 1 is 1.32 bits per heavy atom. The third-order valence-corrected chi connectivity index (χ3v) is 5.11. The average Bonchev–Trinajstić information content (AvgIpc) is 3.13. The Hall–Kier alpha value is -3.03. The third kappa shape index (κ3) is 3.42. The van der Waals surface area contributed by atoms with Gasteiger partial charge in [-0.3, -0.25) is 4.79 Å². The van der Waals surface area contributed by atoms with Crippen LogP contribution in [0.5, 0.6) is 5.75 Å². The van der Waals surface area contributed by atoms with E-state index in [1.54, 1.807) is 11.8 Å². The molecule has 2 aliphatic heterocycles. The Bertz CT molecular complexity index is 899. The van der Waals surface area contributed by atoms with Crippen LogP contribution in [0.1, 0.15) is 41.4 Å². The summed E-state index contributed by atoms with van der Waals surface area (Å²) in [5.41, 5.74) is 2.82. The second-order valence-electron chi connectivity index (χ2n) is 7.06. The molecule has 2 amide bonds. The van der Waals surface area contributed by atoms with E-state index in [0.717, 1.165) is 16.9 Å². The monoisotopic (exact) mass is 385 g/mol. The maximum Gasteiger partial charge on any atom is 0.409 e. The van der Waals surface area contributed by atoms with E-state index in [9.17, 15) is 9.59 Å². The highest BCUT2D eigenvalue weighted by atomic mass is 16.6. The van der Waals surface area contributed by atoms with Gasteiger partial charge >= 0.3 is 6.09 Å². The number of nitrogens with zero attached hydrogens (tertiary/aromatic N) is 2. The first-order valence-corrected chi connectivity index (χ1v) is 9.51. The fourth-order valence-electron chi connectivity index (χ4n) is 3.61. The molecule has 8 heteroatoms. The Morgan fingerprint density at radius 3 is 2.86 bits per heavy atom. The lowest BCUT2D eigenvalue weighted by Crippen LogP contribution is -2.46. The number of ether oxygens (including phenoxy) is 2. The fourth-order valence-corrected chi connectivity index (χ4v) is 3.61. The highest BCUT2D eigenvalue weighted by Gasteiger charge is 2.31. The number of benzene rings is 1. The number of likely N-dealkylation sites (tertiary alicyclic amines) is 1. The number of amides is 2. The molecule has 1 fully saturated rings. The van der Waals surface area contributed by atoms with Crippen LogP contribution in [0.3, 0.4) is 0 Å². The van der Waals surface area contributed by atoms with E-state index in [4.69, 9.17) is 14.0 Å². The lowest BCUT2D eigenvalue weighted by molar-refractivity contribution is 0.0852. The van der Waals surface area contributed by atoms with Gasteiger partial charge in [0.05, 0.1) is 17.7 Å². The standard InChI is InChI=1S/C20H23N3O5/c1-3-26-20(25)23-8-6-13(7-9-23)21-19(24)17-15-11-27-16-5-4-12(2)10-14(16)18(15)28-22-17/h4-5,10,13H,3,6-9,11H2,1-2H3,(H,21,24). The molecule has 28 heavy (non-hydrogen) atoms. The van der Waals surface area contributed by atoms with Gasteiger partial charge in [0.25, 0.3) is 5.91 Å². The van der Waals surface area contributed by atoms with Crippen molar-refractivity contribution >= 4 is 12.0 Å². The molecule has 2 aliphatic rings. The molecular formula is C20H23N3O5. The molecule has 2 aromatic rings. The summed E-state index contributed by atoms with van der Waals surface area (Å²) < 4.78 is 16.3. The summed E-state index contributed by atoms with van der Waals surface area (Å²) in [5.74, 6) is 1.04. The second kappa shape index (κ2) is 7.53. The zero-order valence-corrected chi connectivity index (χ0v) is 16.0. The summed E-state index contributed by atoms with van der Waals surface area (Å²) in [4.78, 5) is 26.2. The van der Waals surface area contributed by atoms with Crippen LogP contribution in [-0.4, -0.2) is 47.8 Å². The lowest BCUT2D eigenvalue weighted by atomic mass is 10.0. The van der Waals surface area contributed by atoms with Gasteiger partial charge in [-0.15, -0.1) is 0 Å². The van der Waals surface area contributed by atoms with E-state index >= 15 is 0 Å². The minimum Gasteiger partial charge on any atom is -0.488 e. The molecule has 0 unspecified atom stereocenters. The number of piperidine rings is 1. The zero-order chi connectivity index (χ0) is 19.7. The summed E-state index contributed by atoms with van der Waals surface area (Å²) >= 11 is 0. The normalized spacial score (nSPS) is 16.0. The van der Waals surface area contributed by atoms with Crippen molar-refractivity contribution in [1.82, 2.24) is 15.4 Å². The molecule has 148 valence electrons. The van der Waals surface area contributed by atoms with Crippen molar-refractivity contribution in [3.05, 3.63) is 35.0 Å². The molecule has 0 aliphatic carbocycles. The molecule has 0 bridgehead atoms. The van der Waals surface area contributed by atoms with E-state index in [1.165, 1.54) is 0 Å². The van der Waals surface area contributed by atoms with Crippen LogP contribution in [0, 0.1) is 6.92 Å². The van der Waals surface area contributed by atoms with Crippen LogP contribution in [0.15, 0.2) is 22.7 Å². The Morgan fingerprint density at radius 2 is 2.11 bits per heavy atom. The van der Waals surface area contributed by atoms with Crippen molar-refractivity contribution < 1.29 is 23.6 Å². The van der Waals surface area contributed by atoms with Crippen LogP contribution in [-0.2, 0) is 11.3 Å². The molecule has 1 N–H and O–H groups in total. The summed E-state index contributed by atoms with van der Waals surface area (Å²) in [5, 5.41) is 7.01. The molecule has 1 aromatic heterocycles. The van der Waals surface area contributed by atoms with E-state index in [-0.39, 0.29) is 30.3 Å². The molecule has 8 nitrogen and oxygen atoms in total. The lowest BCUT2D eigenvalue weighted by Gasteiger charge is -2.31. The van der Waals surface area contributed by atoms with E-state index in [1.807, 2.05) is 25.1 Å². The van der Waals surface area contributed by atoms with Crippen molar-refractivity contribution in [2.24, 2.45) is 0 Å². The molecule has 0 atom stereocenters. The maximum atomic E-state index is 12.7. The molecule has 0 spiro atoms. The predicted molar refractivity (Wildman–Crippen MR) is 100 cm³/mol. The first kappa shape index (κ1) is 18.3. The average molecular weight is 385 g/mol. The molecular weight excluding hydrogens is 362 g/mol. The Kier molecular flexibility index (Phi) is 4.93. The highest BCUT2D eigenvalue weighted by molar-refractivity contribution is 5.95. The smallest absolute Gasteiger partial charge is 0.409 e. The Labute approximate surface area is 162 Å². The predicted octanol–water partition coefficient (Wildman–Crippen LogP) is 2.89. The van der Waals surface area contributed by atoms with Crippen LogP contribution < -0.4 is 10.1 Å². The summed E-state index contributed by atoms with van der Waals surface area (Å²) in [6, 6.07) is 5.80. The molecule has 4 rings (SSSR count). The number of carbonyl (C=O) groups excluding carboxylic acids is 2. The van der Waals surface area contributed by atoms with Crippen LogP contribution in [0.2, 0.25) is 0 Å². The zero-order valence-electron chi connectivity index (χ0n) is 16.0. The van der Waals surface area contributed by atoms with Crippen molar-refractivity contribution in [3.63, 3.8) is 0 Å². The number of rotatable bonds is 3. The van der Waals surface area contributed by atoms with Crippen molar-refractivity contribution in [2.45, 2.75) is 39.3 Å². The number of hydrogen-bond acceptors (Lipinski definition) is 6. The van der Waals surface area contributed by atoms with Gasteiger partial charge < -0.3 is 24.2 Å². The summed E-state index contributed by atoms with van der Waals surface area (Å²) in [7, 11) is 0. The largest absolute Gasteiger partial charge is 0.488 e. The van der Waals surface area contributed by atoms with Crippen molar-refractivity contribution in [3.8, 4) is 17.1 Å². The minimum absolute atomic E-state index is 0.0235. The number of fused-ring (bicyclic) bond motifs is 3. The van der Waals surface area contributed by atoms with Gasteiger partial charge in [0.2, 0.25) is 0 Å². The summed E-state index contributed by atoms with van der Waals surface area (Å²) in [6.07, 6.45) is 1.04. The molecule has 0 saturated carbocycles. The topological polar surface area (TPSA) is 93.9 Å². The van der Waals surface area contributed by atoms with E-state index in [0.29, 0.717) is 43.9 Å². The number of hydrogen-bond donors (Lipinski definition) is 1. The SMILES string of the molecule is CCOC(=O)N1CCC(NC(=O)c2noc3c2COc2ccc(C)cc2-3)CC1. The number of nitrogens with one attached hydrogen (secondary N) is 1. The number of aromatic nitrogens is 1. The first-order chi connectivity index (χ1) is 13.6. The summed E-state index contributed by atoms with van der Waals surface area (Å²) in [6.45, 7) is 5.48. The van der Waals surface area contributed by atoms with Gasteiger partial charge in [0, 0.05) is 19.1 Å². The maximum absolute atomic E-state index is 12.7. The molecule has 3 heterocycles. The van der Waals surface area contributed by atoms with Crippen molar-refractivity contribution in [2.75, 3.05) is 19.7 Å². The van der Waals surface area contributed by atoms with Gasteiger partial charge in [-0.05, 0) is 38.8 Å². The first-order valence-electron chi connectivity index (χ1n) is 9.51.